The summed E-state index contributed by atoms with van der Waals surface area (Å²) in [6.45, 7) is 7.53. The second kappa shape index (κ2) is 11.1. The van der Waals surface area contributed by atoms with Gasteiger partial charge in [-0.3, -0.25) is 4.18 Å². The van der Waals surface area contributed by atoms with Crippen LogP contribution in [0.4, 0.5) is 0 Å². The lowest BCUT2D eigenvalue weighted by atomic mass is 10.00. The van der Waals surface area contributed by atoms with Crippen LogP contribution in [-0.4, -0.2) is 33.7 Å². The van der Waals surface area contributed by atoms with Crippen LogP contribution in [0.1, 0.15) is 43.9 Å². The van der Waals surface area contributed by atoms with E-state index in [9.17, 15) is 13.2 Å². The predicted octanol–water partition coefficient (Wildman–Crippen LogP) is 4.23. The molecule has 0 heterocycles. The highest BCUT2D eigenvalue weighted by molar-refractivity contribution is 7.86. The molecule has 7 heteroatoms. The molecule has 0 radical (unpaired) electrons. The standard InChI is InChI=1S/C23H30O6S/c1-5-19-12-9-14-21(29-18(4)23(24)27-6-2)20(19)13-10-16-28-30(25,26)22-15-8-7-11-17(22)3/h7-9,11-12,14-15,18H,5-6,10,13,16H2,1-4H3. The van der Waals surface area contributed by atoms with E-state index in [0.717, 1.165) is 17.5 Å². The molecular formula is C23H30O6S. The summed E-state index contributed by atoms with van der Waals surface area (Å²) in [6.07, 6.45) is 1.13. The minimum absolute atomic E-state index is 0.0571. The quantitative estimate of drug-likeness (QED) is 0.299. The van der Waals surface area contributed by atoms with E-state index in [1.807, 2.05) is 25.1 Å². The molecule has 0 aliphatic rings. The van der Waals surface area contributed by atoms with Crippen LogP contribution in [0.5, 0.6) is 5.75 Å². The van der Waals surface area contributed by atoms with E-state index in [-0.39, 0.29) is 11.5 Å². The lowest BCUT2D eigenvalue weighted by Crippen LogP contribution is -2.26. The van der Waals surface area contributed by atoms with E-state index in [1.165, 1.54) is 0 Å². The smallest absolute Gasteiger partial charge is 0.347 e. The third-order valence-electron chi connectivity index (χ3n) is 4.71. The Balaban J connectivity index is 2.05. The molecule has 0 spiro atoms. The Labute approximate surface area is 179 Å². The molecule has 0 saturated heterocycles. The fourth-order valence-electron chi connectivity index (χ4n) is 3.15. The Bertz CT molecular complexity index is 952. The van der Waals surface area contributed by atoms with Crippen molar-refractivity contribution in [1.29, 1.82) is 0 Å². The molecule has 2 aromatic rings. The zero-order valence-electron chi connectivity index (χ0n) is 18.0. The van der Waals surface area contributed by atoms with E-state index in [0.29, 0.717) is 30.8 Å². The first-order chi connectivity index (χ1) is 14.3. The first kappa shape index (κ1) is 23.9. The minimum Gasteiger partial charge on any atom is -0.479 e. The van der Waals surface area contributed by atoms with Gasteiger partial charge >= 0.3 is 5.97 Å². The molecule has 0 aliphatic carbocycles. The summed E-state index contributed by atoms with van der Waals surface area (Å²) in [4.78, 5) is 12.1. The van der Waals surface area contributed by atoms with Crippen molar-refractivity contribution in [3.05, 3.63) is 59.2 Å². The SMILES string of the molecule is CCOC(=O)C(C)Oc1cccc(CC)c1CCCOS(=O)(=O)c1ccccc1C. The van der Waals surface area contributed by atoms with Crippen LogP contribution in [-0.2, 0) is 36.7 Å². The number of carbonyl (C=O) groups is 1. The van der Waals surface area contributed by atoms with Crippen molar-refractivity contribution in [2.24, 2.45) is 0 Å². The van der Waals surface area contributed by atoms with Gasteiger partial charge in [0.25, 0.3) is 10.1 Å². The first-order valence-electron chi connectivity index (χ1n) is 10.2. The molecule has 0 bridgehead atoms. The molecule has 2 rings (SSSR count). The van der Waals surface area contributed by atoms with Crippen LogP contribution in [0.3, 0.4) is 0 Å². The molecule has 1 atom stereocenters. The average Bonchev–Trinajstić information content (AvgIpc) is 2.72. The van der Waals surface area contributed by atoms with Crippen LogP contribution in [0.25, 0.3) is 0 Å². The van der Waals surface area contributed by atoms with Gasteiger partial charge in [0.1, 0.15) is 5.75 Å². The molecule has 0 fully saturated rings. The predicted molar refractivity (Wildman–Crippen MR) is 115 cm³/mol. The fraction of sp³-hybridized carbons (Fsp3) is 0.435. The highest BCUT2D eigenvalue weighted by Gasteiger charge is 2.20. The number of ether oxygens (including phenoxy) is 2. The fourth-order valence-corrected chi connectivity index (χ4v) is 4.32. The number of rotatable bonds is 11. The van der Waals surface area contributed by atoms with Gasteiger partial charge in [-0.05, 0) is 68.9 Å². The summed E-state index contributed by atoms with van der Waals surface area (Å²) in [6, 6.07) is 12.4. The van der Waals surface area contributed by atoms with Gasteiger partial charge in [0, 0.05) is 0 Å². The maximum Gasteiger partial charge on any atom is 0.347 e. The average molecular weight is 435 g/mol. The van der Waals surface area contributed by atoms with Crippen molar-refractivity contribution in [1.82, 2.24) is 0 Å². The van der Waals surface area contributed by atoms with Gasteiger partial charge in [-0.2, -0.15) is 8.42 Å². The Kier molecular flexibility index (Phi) is 8.87. The van der Waals surface area contributed by atoms with E-state index in [2.05, 4.69) is 0 Å². The number of hydrogen-bond acceptors (Lipinski definition) is 6. The Morgan fingerprint density at radius 3 is 2.47 bits per heavy atom. The van der Waals surface area contributed by atoms with Crippen molar-refractivity contribution in [3.63, 3.8) is 0 Å². The molecule has 2 aromatic carbocycles. The normalized spacial score (nSPS) is 12.4. The number of hydrogen-bond donors (Lipinski definition) is 0. The van der Waals surface area contributed by atoms with Gasteiger partial charge in [-0.25, -0.2) is 4.79 Å². The number of carbonyl (C=O) groups excluding carboxylic acids is 1. The third kappa shape index (κ3) is 6.31. The number of esters is 1. The van der Waals surface area contributed by atoms with E-state index in [4.69, 9.17) is 13.7 Å². The second-order valence-corrected chi connectivity index (χ2v) is 8.49. The molecule has 1 unspecified atom stereocenters. The van der Waals surface area contributed by atoms with Gasteiger partial charge < -0.3 is 9.47 Å². The van der Waals surface area contributed by atoms with Crippen molar-refractivity contribution < 1.29 is 26.9 Å². The summed E-state index contributed by atoms with van der Waals surface area (Å²) in [5.41, 5.74) is 2.69. The highest BCUT2D eigenvalue weighted by atomic mass is 32.2. The van der Waals surface area contributed by atoms with Gasteiger partial charge in [0.2, 0.25) is 0 Å². The molecule has 0 saturated carbocycles. The summed E-state index contributed by atoms with van der Waals surface area (Å²) in [5.74, 6) is 0.190. The van der Waals surface area contributed by atoms with E-state index < -0.39 is 22.2 Å². The minimum atomic E-state index is -3.80. The maximum absolute atomic E-state index is 12.4. The van der Waals surface area contributed by atoms with Crippen LogP contribution in [0.15, 0.2) is 47.4 Å². The summed E-state index contributed by atoms with van der Waals surface area (Å²) >= 11 is 0. The molecule has 30 heavy (non-hydrogen) atoms. The van der Waals surface area contributed by atoms with Crippen LogP contribution in [0, 0.1) is 6.92 Å². The van der Waals surface area contributed by atoms with Crippen LogP contribution >= 0.6 is 0 Å². The zero-order chi connectivity index (χ0) is 22.1. The first-order valence-corrected chi connectivity index (χ1v) is 11.6. The zero-order valence-corrected chi connectivity index (χ0v) is 18.8. The maximum atomic E-state index is 12.4. The summed E-state index contributed by atoms with van der Waals surface area (Å²) in [7, 11) is -3.80. The topological polar surface area (TPSA) is 78.9 Å². The number of benzene rings is 2. The van der Waals surface area contributed by atoms with Crippen LogP contribution in [0.2, 0.25) is 0 Å². The van der Waals surface area contributed by atoms with Crippen molar-refractivity contribution in [2.45, 2.75) is 58.0 Å². The van der Waals surface area contributed by atoms with Crippen molar-refractivity contribution in [3.8, 4) is 5.75 Å². The summed E-state index contributed by atoms with van der Waals surface area (Å²) < 4.78 is 41.0. The van der Waals surface area contributed by atoms with Gasteiger partial charge in [0.05, 0.1) is 18.1 Å². The highest BCUT2D eigenvalue weighted by Crippen LogP contribution is 2.26. The van der Waals surface area contributed by atoms with E-state index >= 15 is 0 Å². The molecule has 0 amide bonds. The Hall–Kier alpha value is -2.38. The largest absolute Gasteiger partial charge is 0.479 e. The van der Waals surface area contributed by atoms with E-state index in [1.54, 1.807) is 45.0 Å². The molecule has 0 N–H and O–H groups in total. The monoisotopic (exact) mass is 434 g/mol. The summed E-state index contributed by atoms with van der Waals surface area (Å²) in [5, 5.41) is 0. The van der Waals surface area contributed by atoms with Crippen molar-refractivity contribution >= 4 is 16.1 Å². The molecule has 0 aromatic heterocycles. The Morgan fingerprint density at radius 1 is 1.07 bits per heavy atom. The molecule has 164 valence electrons. The Morgan fingerprint density at radius 2 is 1.80 bits per heavy atom. The van der Waals surface area contributed by atoms with Gasteiger partial charge in [-0.15, -0.1) is 0 Å². The van der Waals surface area contributed by atoms with Gasteiger partial charge in [-0.1, -0.05) is 37.3 Å². The molecular weight excluding hydrogens is 404 g/mol. The second-order valence-electron chi connectivity index (χ2n) is 6.90. The third-order valence-corrected chi connectivity index (χ3v) is 6.18. The van der Waals surface area contributed by atoms with Crippen molar-refractivity contribution in [2.75, 3.05) is 13.2 Å². The molecule has 0 aliphatic heterocycles. The van der Waals surface area contributed by atoms with Gasteiger partial charge in [0.15, 0.2) is 6.10 Å². The molecule has 6 nitrogen and oxygen atoms in total. The number of aryl methyl sites for hydroxylation is 2. The van der Waals surface area contributed by atoms with Crippen LogP contribution < -0.4 is 4.74 Å². The lowest BCUT2D eigenvalue weighted by Gasteiger charge is -2.18. The lowest BCUT2D eigenvalue weighted by molar-refractivity contribution is -0.150.